The van der Waals surface area contributed by atoms with Crippen LogP contribution < -0.4 is 0 Å². The van der Waals surface area contributed by atoms with E-state index in [1.54, 1.807) is 24.8 Å². The molecule has 3 heterocycles. The summed E-state index contributed by atoms with van der Waals surface area (Å²) in [5, 5.41) is 9.34. The number of benzene rings is 1. The monoisotopic (exact) mass is 491 g/mol. The predicted molar refractivity (Wildman–Crippen MR) is 124 cm³/mol. The minimum atomic E-state index is -4.30. The fourth-order valence-electron chi connectivity index (χ4n) is 5.24. The Hall–Kier alpha value is -2.33. The summed E-state index contributed by atoms with van der Waals surface area (Å²) in [5.74, 6) is 2.20. The highest BCUT2D eigenvalue weighted by Gasteiger charge is 2.59. The Balaban J connectivity index is 1.14. The first kappa shape index (κ1) is 23.4. The summed E-state index contributed by atoms with van der Waals surface area (Å²) in [6.07, 6.45) is -0.0890. The highest BCUT2D eigenvalue weighted by Crippen LogP contribution is 2.65. The maximum atomic E-state index is 13.6. The normalized spacial score (nSPS) is 22.7. The van der Waals surface area contributed by atoms with Gasteiger partial charge >= 0.3 is 6.18 Å². The Morgan fingerprint density at radius 2 is 2.06 bits per heavy atom. The quantitative estimate of drug-likeness (QED) is 0.323. The number of nitrogens with zero attached hydrogens (tertiary/aromatic N) is 5. The fourth-order valence-corrected chi connectivity index (χ4v) is 6.07. The Morgan fingerprint density at radius 1 is 1.24 bits per heavy atom. The minimum Gasteiger partial charge on any atom is -0.440 e. The van der Waals surface area contributed by atoms with E-state index in [1.165, 1.54) is 12.5 Å². The van der Waals surface area contributed by atoms with Crippen molar-refractivity contribution in [2.24, 2.45) is 12.5 Å². The average molecular weight is 492 g/mol. The van der Waals surface area contributed by atoms with Crippen LogP contribution in [-0.2, 0) is 13.2 Å². The highest BCUT2D eigenvalue weighted by atomic mass is 32.2. The van der Waals surface area contributed by atoms with Gasteiger partial charge in [0.25, 0.3) is 0 Å². The smallest absolute Gasteiger partial charge is 0.416 e. The lowest BCUT2D eigenvalue weighted by atomic mass is 9.93. The number of alkyl halides is 3. The largest absolute Gasteiger partial charge is 0.440 e. The molecular formula is C24H28F3N5OS. The zero-order valence-electron chi connectivity index (χ0n) is 19.5. The van der Waals surface area contributed by atoms with Crippen molar-refractivity contribution in [3.63, 3.8) is 0 Å². The van der Waals surface area contributed by atoms with E-state index < -0.39 is 11.7 Å². The molecule has 1 saturated heterocycles. The van der Waals surface area contributed by atoms with Crippen molar-refractivity contribution < 1.29 is 17.6 Å². The van der Waals surface area contributed by atoms with E-state index in [1.807, 2.05) is 24.6 Å². The van der Waals surface area contributed by atoms with Crippen molar-refractivity contribution in [1.82, 2.24) is 24.6 Å². The first-order chi connectivity index (χ1) is 16.2. The number of likely N-dealkylation sites (tertiary alicyclic amines) is 1. The number of hydrogen-bond donors (Lipinski definition) is 0. The Kier molecular flexibility index (Phi) is 6.00. The van der Waals surface area contributed by atoms with Crippen molar-refractivity contribution in [3.8, 4) is 11.6 Å². The number of halogens is 3. The summed E-state index contributed by atoms with van der Waals surface area (Å²) < 4.78 is 48.2. The fraction of sp³-hybridized carbons (Fsp3) is 0.542. The summed E-state index contributed by atoms with van der Waals surface area (Å²) >= 11 is 1.65. The van der Waals surface area contributed by atoms with Crippen molar-refractivity contribution >= 4 is 11.8 Å². The Morgan fingerprint density at radius 3 is 2.79 bits per heavy atom. The highest BCUT2D eigenvalue weighted by molar-refractivity contribution is 7.99. The Labute approximate surface area is 200 Å². The van der Waals surface area contributed by atoms with E-state index in [4.69, 9.17) is 4.42 Å². The molecule has 1 unspecified atom stereocenters. The zero-order chi connectivity index (χ0) is 24.1. The van der Waals surface area contributed by atoms with Gasteiger partial charge in [-0.1, -0.05) is 29.5 Å². The summed E-state index contributed by atoms with van der Waals surface area (Å²) in [6, 6.07) is 4.81. The van der Waals surface area contributed by atoms with Crippen LogP contribution >= 0.6 is 11.8 Å². The molecule has 1 saturated carbocycles. The van der Waals surface area contributed by atoms with Crippen LogP contribution in [-0.4, -0.2) is 50.0 Å². The second-order valence-corrected chi connectivity index (χ2v) is 10.6. The van der Waals surface area contributed by atoms with Crippen LogP contribution in [0.3, 0.4) is 0 Å². The molecule has 5 rings (SSSR count). The molecule has 10 heteroatoms. The summed E-state index contributed by atoms with van der Waals surface area (Å²) in [5.41, 5.74) is 1.47. The molecule has 1 aromatic carbocycles. The van der Waals surface area contributed by atoms with E-state index in [2.05, 4.69) is 20.1 Å². The van der Waals surface area contributed by atoms with Gasteiger partial charge in [0.15, 0.2) is 17.3 Å². The van der Waals surface area contributed by atoms with Crippen LogP contribution in [0.1, 0.15) is 47.6 Å². The van der Waals surface area contributed by atoms with Gasteiger partial charge in [-0.15, -0.1) is 10.2 Å². The maximum absolute atomic E-state index is 13.6. The maximum Gasteiger partial charge on any atom is 0.416 e. The lowest BCUT2D eigenvalue weighted by molar-refractivity contribution is -0.138. The van der Waals surface area contributed by atoms with Crippen LogP contribution in [0.4, 0.5) is 13.2 Å². The van der Waals surface area contributed by atoms with Gasteiger partial charge in [-0.3, -0.25) is 0 Å². The zero-order valence-corrected chi connectivity index (χ0v) is 20.3. The molecule has 1 spiro atoms. The number of hydrogen-bond acceptors (Lipinski definition) is 6. The third-order valence-corrected chi connectivity index (χ3v) is 8.28. The molecule has 2 aliphatic rings. The van der Waals surface area contributed by atoms with Gasteiger partial charge in [-0.25, -0.2) is 4.98 Å². The van der Waals surface area contributed by atoms with Crippen LogP contribution in [0.5, 0.6) is 0 Å². The molecule has 1 aliphatic heterocycles. The van der Waals surface area contributed by atoms with Crippen molar-refractivity contribution in [2.75, 3.05) is 25.4 Å². The lowest BCUT2D eigenvalue weighted by Crippen LogP contribution is -2.23. The van der Waals surface area contributed by atoms with Gasteiger partial charge in [0.05, 0.1) is 11.3 Å². The van der Waals surface area contributed by atoms with Crippen LogP contribution in [0.25, 0.3) is 11.6 Å². The van der Waals surface area contributed by atoms with Crippen LogP contribution in [0, 0.1) is 19.3 Å². The van der Waals surface area contributed by atoms with Crippen molar-refractivity contribution in [2.45, 2.75) is 50.4 Å². The van der Waals surface area contributed by atoms with E-state index >= 15 is 0 Å². The van der Waals surface area contributed by atoms with E-state index in [0.29, 0.717) is 22.7 Å². The molecule has 2 fully saturated rings. The van der Waals surface area contributed by atoms with Gasteiger partial charge in [-0.05, 0) is 69.2 Å². The molecule has 2 atom stereocenters. The molecule has 0 radical (unpaired) electrons. The minimum absolute atomic E-state index is 0.00975. The molecular weight excluding hydrogens is 463 g/mol. The predicted octanol–water partition coefficient (Wildman–Crippen LogP) is 5.47. The average Bonchev–Trinajstić information content (AvgIpc) is 3.07. The molecule has 0 bridgehead atoms. The first-order valence-electron chi connectivity index (χ1n) is 11.5. The molecule has 182 valence electrons. The van der Waals surface area contributed by atoms with Crippen molar-refractivity contribution in [3.05, 3.63) is 47.0 Å². The van der Waals surface area contributed by atoms with E-state index in [9.17, 15) is 13.2 Å². The summed E-state index contributed by atoms with van der Waals surface area (Å²) in [6.45, 7) is 6.36. The number of aryl methyl sites for hydroxylation is 2. The van der Waals surface area contributed by atoms with Gasteiger partial charge < -0.3 is 13.9 Å². The molecule has 3 aromatic rings. The second-order valence-electron chi connectivity index (χ2n) is 9.57. The molecule has 1 aliphatic carbocycles. The van der Waals surface area contributed by atoms with Gasteiger partial charge in [0.1, 0.15) is 0 Å². The van der Waals surface area contributed by atoms with E-state index in [-0.39, 0.29) is 11.3 Å². The van der Waals surface area contributed by atoms with Crippen molar-refractivity contribution in [1.29, 1.82) is 0 Å². The van der Waals surface area contributed by atoms with Crippen LogP contribution in [0.15, 0.2) is 34.2 Å². The molecule has 34 heavy (non-hydrogen) atoms. The SMILES string of the molecule is Cc1ccc([C@@H]2CC23CCN(CCCSc2nnc(-c4ocnc4C)n2C)C3)c(C(F)(F)F)c1. The number of thioether (sulfide) groups is 1. The second kappa shape index (κ2) is 8.71. The van der Waals surface area contributed by atoms with Gasteiger partial charge in [-0.2, -0.15) is 13.2 Å². The first-order valence-corrected chi connectivity index (χ1v) is 12.5. The summed E-state index contributed by atoms with van der Waals surface area (Å²) in [7, 11) is 1.91. The number of aromatic nitrogens is 4. The third kappa shape index (κ3) is 4.37. The molecule has 6 nitrogen and oxygen atoms in total. The lowest BCUT2D eigenvalue weighted by Gasteiger charge is -2.18. The van der Waals surface area contributed by atoms with Crippen LogP contribution in [0.2, 0.25) is 0 Å². The third-order valence-electron chi connectivity index (χ3n) is 7.18. The summed E-state index contributed by atoms with van der Waals surface area (Å²) in [4.78, 5) is 6.51. The molecule has 0 N–H and O–H groups in total. The van der Waals surface area contributed by atoms with Gasteiger partial charge in [0.2, 0.25) is 5.82 Å². The van der Waals surface area contributed by atoms with E-state index in [0.717, 1.165) is 55.5 Å². The number of oxazole rings is 1. The number of rotatable bonds is 7. The standard InChI is InChI=1S/C24H28F3N5OS/c1-15-5-6-17(18(11-15)24(25,26)27)19-12-23(19)7-9-32(13-23)8-4-10-34-22-30-29-21(31(22)3)20-16(2)28-14-33-20/h5-6,11,14,19H,4,7-10,12-13H2,1-3H3/t19-,23?/m0/s1. The Bertz CT molecular complexity index is 1190. The molecule has 0 amide bonds. The van der Waals surface area contributed by atoms with Gasteiger partial charge in [0, 0.05) is 19.3 Å². The molecule has 2 aromatic heterocycles. The topological polar surface area (TPSA) is 60.0 Å².